The maximum absolute atomic E-state index is 7.13. The summed E-state index contributed by atoms with van der Waals surface area (Å²) in [6, 6.07) is 0. The fraction of sp³-hybridized carbons (Fsp3) is 0.250. The van der Waals surface area contributed by atoms with Gasteiger partial charge >= 0.3 is 0 Å². The number of halogens is 1. The molecule has 0 N–H and O–H groups in total. The van der Waals surface area contributed by atoms with Gasteiger partial charge in [0.2, 0.25) is 0 Å². The zero-order valence-corrected chi connectivity index (χ0v) is 6.12. The molecule has 0 spiro atoms. The Balaban J connectivity index is 2.73. The molecule has 0 aliphatic carbocycles. The van der Waals surface area contributed by atoms with E-state index in [2.05, 4.69) is 25.7 Å². The minimum Gasteiger partial charge on any atom is -0.473 e. The van der Waals surface area contributed by atoms with Crippen LogP contribution in [0.1, 0.15) is 4.11 Å². The lowest BCUT2D eigenvalue weighted by Crippen LogP contribution is -1.76. The van der Waals surface area contributed by atoms with Gasteiger partial charge in [0.05, 0.1) is 21.1 Å². The Morgan fingerprint density at radius 3 is 3.62 bits per heavy atom. The van der Waals surface area contributed by atoms with E-state index in [1.165, 1.54) is 0 Å². The summed E-state index contributed by atoms with van der Waals surface area (Å²) in [6.07, 6.45) is 0.0747. The molecule has 1 rings (SSSR count). The molecule has 44 valence electrons. The van der Waals surface area contributed by atoms with Crippen molar-refractivity contribution in [2.75, 3.05) is 7.06 Å². The van der Waals surface area contributed by atoms with Gasteiger partial charge < -0.3 is 4.74 Å². The Morgan fingerprint density at radius 1 is 2.25 bits per heavy atom. The molecule has 4 heteroatoms. The van der Waals surface area contributed by atoms with E-state index in [0.717, 1.165) is 11.3 Å². The molecule has 0 fully saturated rings. The van der Waals surface area contributed by atoms with Crippen molar-refractivity contribution in [1.82, 2.24) is 4.98 Å². The normalized spacial score (nSPS) is 15.0. The number of aromatic nitrogens is 1. The van der Waals surface area contributed by atoms with E-state index in [1.807, 2.05) is 0 Å². The predicted molar refractivity (Wildman–Crippen MR) is 36.4 cm³/mol. The van der Waals surface area contributed by atoms with Crippen molar-refractivity contribution in [3.63, 3.8) is 0 Å². The minimum atomic E-state index is -1.38. The van der Waals surface area contributed by atoms with E-state index in [9.17, 15) is 0 Å². The zero-order chi connectivity index (χ0) is 8.43. The van der Waals surface area contributed by atoms with Gasteiger partial charge in [-0.15, -0.1) is 0 Å². The number of hydrogen-bond donors (Lipinski definition) is 0. The third kappa shape index (κ3) is 1.20. The summed E-state index contributed by atoms with van der Waals surface area (Å²) in [5, 5.41) is 0.178. The lowest BCUT2D eigenvalue weighted by atomic mass is 11.0. The van der Waals surface area contributed by atoms with Crippen LogP contribution in [0.15, 0.2) is 9.96 Å². The fourth-order valence-corrected chi connectivity index (χ4v) is 1.15. The zero-order valence-electron chi connectivity index (χ0n) is 6.72. The van der Waals surface area contributed by atoms with Crippen LogP contribution < -0.4 is 4.74 Å². The Morgan fingerprint density at radius 2 is 3.12 bits per heavy atom. The van der Waals surface area contributed by atoms with Crippen LogP contribution in [0.2, 0.25) is 0 Å². The molecule has 0 amide bonds. The van der Waals surface area contributed by atoms with Crippen LogP contribution in [0.25, 0.3) is 0 Å². The first-order valence-corrected chi connectivity index (χ1v) is 3.34. The molecule has 0 bridgehead atoms. The summed E-state index contributed by atoms with van der Waals surface area (Å²) in [5.41, 5.74) is 0. The van der Waals surface area contributed by atoms with E-state index in [4.69, 9.17) is 4.11 Å². The number of nitrogens with zero attached hydrogens (tertiary/aromatic N) is 1. The van der Waals surface area contributed by atoms with E-state index < -0.39 is 7.06 Å². The molecular formula is C4H4BrNOS. The molecule has 0 unspecified atom stereocenters. The third-order valence-electron chi connectivity index (χ3n) is 0.513. The topological polar surface area (TPSA) is 22.1 Å². The maximum Gasteiger partial charge on any atom is 0.273 e. The predicted octanol–water partition coefficient (Wildman–Crippen LogP) is 1.91. The van der Waals surface area contributed by atoms with Gasteiger partial charge in [0, 0.05) is 0 Å². The van der Waals surface area contributed by atoms with Gasteiger partial charge in [-0.3, -0.25) is 0 Å². The Bertz CT molecular complexity index is 234. The van der Waals surface area contributed by atoms with Crippen LogP contribution in [0.5, 0.6) is 5.19 Å². The first-order valence-electron chi connectivity index (χ1n) is 3.39. The quantitative estimate of drug-likeness (QED) is 0.686. The van der Waals surface area contributed by atoms with Gasteiger partial charge in [-0.1, -0.05) is 11.3 Å². The summed E-state index contributed by atoms with van der Waals surface area (Å²) in [4.78, 5) is 3.63. The second-order valence-corrected chi connectivity index (χ2v) is 3.26. The maximum atomic E-state index is 7.13. The highest BCUT2D eigenvalue weighted by Gasteiger charge is 1.94. The lowest BCUT2D eigenvalue weighted by Gasteiger charge is -1.84. The van der Waals surface area contributed by atoms with Crippen molar-refractivity contribution in [3.05, 3.63) is 9.96 Å². The number of methoxy groups -OCH3 is 1. The molecule has 1 heterocycles. The van der Waals surface area contributed by atoms with Crippen molar-refractivity contribution in [2.45, 2.75) is 0 Å². The van der Waals surface area contributed by atoms with Gasteiger partial charge in [-0.2, -0.15) is 0 Å². The first kappa shape index (κ1) is 3.17. The van der Waals surface area contributed by atoms with E-state index in [0.29, 0.717) is 3.79 Å². The monoisotopic (exact) mass is 196 g/mol. The Kier molecular flexibility index (Phi) is 0.975. The standard InChI is InChI=1S/C4H4BrNOS/c1-7-4-6-2-3(5)8-4/h2H,1H3/i1D2,2D. The van der Waals surface area contributed by atoms with Crippen molar-refractivity contribution in [2.24, 2.45) is 0 Å². The molecule has 8 heavy (non-hydrogen) atoms. The van der Waals surface area contributed by atoms with Gasteiger partial charge in [-0.25, -0.2) is 4.98 Å². The van der Waals surface area contributed by atoms with Gasteiger partial charge in [0.25, 0.3) is 5.19 Å². The highest BCUT2D eigenvalue weighted by Crippen LogP contribution is 2.24. The summed E-state index contributed by atoms with van der Waals surface area (Å²) < 4.78 is 25.7. The van der Waals surface area contributed by atoms with E-state index in [-0.39, 0.29) is 11.4 Å². The summed E-state index contributed by atoms with van der Waals surface area (Å²) in [5.74, 6) is 0. The number of hydrogen-bond acceptors (Lipinski definition) is 3. The highest BCUT2D eigenvalue weighted by atomic mass is 79.9. The summed E-state index contributed by atoms with van der Waals surface area (Å²) in [7, 11) is -1.38. The third-order valence-corrected chi connectivity index (χ3v) is 1.81. The van der Waals surface area contributed by atoms with Crippen LogP contribution in [-0.4, -0.2) is 12.0 Å². The van der Waals surface area contributed by atoms with Crippen molar-refractivity contribution < 1.29 is 8.85 Å². The van der Waals surface area contributed by atoms with E-state index >= 15 is 0 Å². The molecule has 2 nitrogen and oxygen atoms in total. The van der Waals surface area contributed by atoms with Crippen molar-refractivity contribution >= 4 is 27.3 Å². The number of thiazole rings is 1. The van der Waals surface area contributed by atoms with Crippen molar-refractivity contribution in [1.29, 1.82) is 0 Å². The largest absolute Gasteiger partial charge is 0.473 e. The molecule has 1 aromatic heterocycles. The number of ether oxygens (including phenoxy) is 1. The van der Waals surface area contributed by atoms with Crippen LogP contribution >= 0.6 is 27.3 Å². The van der Waals surface area contributed by atoms with E-state index in [1.54, 1.807) is 0 Å². The molecule has 0 aliphatic heterocycles. The molecule has 0 saturated heterocycles. The molecule has 0 aliphatic rings. The SMILES string of the molecule is [2H]c1nc(OC([2H])[2H])sc1Br. The summed E-state index contributed by atoms with van der Waals surface area (Å²) >= 11 is 4.17. The van der Waals surface area contributed by atoms with Crippen LogP contribution in [0.3, 0.4) is 0 Å². The second kappa shape index (κ2) is 2.46. The first-order chi connectivity index (χ1) is 5.09. The smallest absolute Gasteiger partial charge is 0.273 e. The average Bonchev–Trinajstić information content (AvgIpc) is 2.10. The van der Waals surface area contributed by atoms with Crippen molar-refractivity contribution in [3.8, 4) is 5.19 Å². The molecule has 0 saturated carbocycles. The molecule has 0 aromatic carbocycles. The second-order valence-electron chi connectivity index (χ2n) is 0.983. The van der Waals surface area contributed by atoms with Gasteiger partial charge in [-0.05, 0) is 15.9 Å². The summed E-state index contributed by atoms with van der Waals surface area (Å²) in [6.45, 7) is 0. The van der Waals surface area contributed by atoms with Gasteiger partial charge in [0.15, 0.2) is 0 Å². The lowest BCUT2D eigenvalue weighted by molar-refractivity contribution is 0.412. The van der Waals surface area contributed by atoms with Gasteiger partial charge in [0.1, 0.15) is 0 Å². The average molecular weight is 197 g/mol. The minimum absolute atomic E-state index is 0.0747. The molecular weight excluding hydrogens is 190 g/mol. The highest BCUT2D eigenvalue weighted by molar-refractivity contribution is 9.11. The Hall–Kier alpha value is -0.0900. The van der Waals surface area contributed by atoms with Crippen LogP contribution in [-0.2, 0) is 0 Å². The van der Waals surface area contributed by atoms with Crippen LogP contribution in [0.4, 0.5) is 0 Å². The molecule has 0 atom stereocenters. The molecule has 0 radical (unpaired) electrons. The Labute approximate surface area is 63.9 Å². The van der Waals surface area contributed by atoms with Crippen LogP contribution in [0, 0.1) is 0 Å². The fourth-order valence-electron chi connectivity index (χ4n) is 0.262. The molecule has 1 aromatic rings. The number of rotatable bonds is 1.